The van der Waals surface area contributed by atoms with Crippen LogP contribution in [0.1, 0.15) is 36.6 Å². The van der Waals surface area contributed by atoms with Crippen LogP contribution in [0.5, 0.6) is 11.5 Å². The van der Waals surface area contributed by atoms with Crippen LogP contribution >= 0.6 is 12.4 Å². The standard InChI is InChI=1S/C18H21NO2.ClH/c1-13(2)18-16(20-3)11-14(12-17(18)21-4)8-9-15-7-5-6-10-19-15;/h5-13H,1-4H3;1H. The molecule has 2 rings (SSSR count). The zero-order valence-corrected chi connectivity index (χ0v) is 14.2. The zero-order valence-electron chi connectivity index (χ0n) is 13.4. The van der Waals surface area contributed by atoms with Gasteiger partial charge in [0, 0.05) is 11.8 Å². The van der Waals surface area contributed by atoms with E-state index < -0.39 is 0 Å². The molecule has 0 bridgehead atoms. The molecule has 0 unspecified atom stereocenters. The fourth-order valence-electron chi connectivity index (χ4n) is 2.28. The molecule has 1 heterocycles. The van der Waals surface area contributed by atoms with Crippen molar-refractivity contribution in [2.24, 2.45) is 0 Å². The molecule has 0 aliphatic heterocycles. The highest BCUT2D eigenvalue weighted by atomic mass is 35.5. The lowest BCUT2D eigenvalue weighted by Gasteiger charge is -2.17. The van der Waals surface area contributed by atoms with Crippen molar-refractivity contribution in [3.8, 4) is 11.5 Å². The lowest BCUT2D eigenvalue weighted by molar-refractivity contribution is 0.382. The lowest BCUT2D eigenvalue weighted by atomic mass is 9.98. The van der Waals surface area contributed by atoms with Gasteiger partial charge < -0.3 is 9.47 Å². The third-order valence-corrected chi connectivity index (χ3v) is 3.28. The third-order valence-electron chi connectivity index (χ3n) is 3.28. The van der Waals surface area contributed by atoms with Crippen LogP contribution in [-0.2, 0) is 0 Å². The molecule has 0 amide bonds. The number of ether oxygens (including phenoxy) is 2. The van der Waals surface area contributed by atoms with Crippen LogP contribution in [0.3, 0.4) is 0 Å². The molecule has 0 fully saturated rings. The van der Waals surface area contributed by atoms with E-state index in [0.29, 0.717) is 5.92 Å². The van der Waals surface area contributed by atoms with Crippen LogP contribution in [0.25, 0.3) is 12.2 Å². The maximum Gasteiger partial charge on any atom is 0.126 e. The fourth-order valence-corrected chi connectivity index (χ4v) is 2.28. The SMILES string of the molecule is COc1cc(C=Cc2ccccn2)cc(OC)c1C(C)C.Cl. The maximum atomic E-state index is 5.51. The van der Waals surface area contributed by atoms with Gasteiger partial charge in [-0.1, -0.05) is 26.0 Å². The summed E-state index contributed by atoms with van der Waals surface area (Å²) in [5, 5.41) is 0. The van der Waals surface area contributed by atoms with E-state index >= 15 is 0 Å². The molecule has 22 heavy (non-hydrogen) atoms. The van der Waals surface area contributed by atoms with Crippen molar-refractivity contribution in [1.29, 1.82) is 0 Å². The van der Waals surface area contributed by atoms with Gasteiger partial charge in [0.05, 0.1) is 19.9 Å². The first kappa shape index (κ1) is 18.1. The fraction of sp³-hybridized carbons (Fsp3) is 0.278. The Morgan fingerprint density at radius 3 is 2.09 bits per heavy atom. The topological polar surface area (TPSA) is 31.4 Å². The molecule has 1 aromatic carbocycles. The van der Waals surface area contributed by atoms with Gasteiger partial charge in [-0.15, -0.1) is 12.4 Å². The summed E-state index contributed by atoms with van der Waals surface area (Å²) in [5.74, 6) is 2.04. The van der Waals surface area contributed by atoms with E-state index in [2.05, 4.69) is 18.8 Å². The van der Waals surface area contributed by atoms with E-state index in [-0.39, 0.29) is 12.4 Å². The Kier molecular flexibility index (Phi) is 6.93. The van der Waals surface area contributed by atoms with E-state index in [1.165, 1.54) is 0 Å². The molecule has 0 atom stereocenters. The zero-order chi connectivity index (χ0) is 15.2. The van der Waals surface area contributed by atoms with Crippen molar-refractivity contribution in [2.45, 2.75) is 19.8 Å². The number of pyridine rings is 1. The van der Waals surface area contributed by atoms with Crippen molar-refractivity contribution >= 4 is 24.6 Å². The molecule has 0 saturated carbocycles. The minimum absolute atomic E-state index is 0. The second-order valence-corrected chi connectivity index (χ2v) is 5.08. The van der Waals surface area contributed by atoms with Crippen molar-refractivity contribution in [2.75, 3.05) is 14.2 Å². The Bertz CT molecular complexity index is 599. The number of benzene rings is 1. The van der Waals surface area contributed by atoms with Gasteiger partial charge in [-0.05, 0) is 41.8 Å². The molecular weight excluding hydrogens is 298 g/mol. The number of hydrogen-bond donors (Lipinski definition) is 0. The minimum Gasteiger partial charge on any atom is -0.496 e. The van der Waals surface area contributed by atoms with Gasteiger partial charge in [-0.3, -0.25) is 4.98 Å². The molecule has 0 aliphatic carbocycles. The van der Waals surface area contributed by atoms with E-state index in [4.69, 9.17) is 9.47 Å². The molecule has 1 aromatic heterocycles. The van der Waals surface area contributed by atoms with E-state index in [1.54, 1.807) is 20.4 Å². The van der Waals surface area contributed by atoms with Gasteiger partial charge in [0.15, 0.2) is 0 Å². The van der Waals surface area contributed by atoms with Crippen LogP contribution in [0.2, 0.25) is 0 Å². The maximum absolute atomic E-state index is 5.51. The summed E-state index contributed by atoms with van der Waals surface area (Å²) < 4.78 is 11.0. The Balaban J connectivity index is 0.00000242. The van der Waals surface area contributed by atoms with Gasteiger partial charge >= 0.3 is 0 Å². The van der Waals surface area contributed by atoms with Crippen molar-refractivity contribution in [1.82, 2.24) is 4.98 Å². The molecule has 2 aromatic rings. The van der Waals surface area contributed by atoms with Gasteiger partial charge in [0.25, 0.3) is 0 Å². The highest BCUT2D eigenvalue weighted by molar-refractivity contribution is 5.85. The number of nitrogens with zero attached hydrogens (tertiary/aromatic N) is 1. The summed E-state index contributed by atoms with van der Waals surface area (Å²) in [6.45, 7) is 4.26. The molecule has 0 spiro atoms. The summed E-state index contributed by atoms with van der Waals surface area (Å²) in [6.07, 6.45) is 5.77. The summed E-state index contributed by atoms with van der Waals surface area (Å²) >= 11 is 0. The lowest BCUT2D eigenvalue weighted by Crippen LogP contribution is -1.99. The first-order valence-corrected chi connectivity index (χ1v) is 7.00. The van der Waals surface area contributed by atoms with E-state index in [9.17, 15) is 0 Å². The van der Waals surface area contributed by atoms with Crippen LogP contribution in [0.4, 0.5) is 0 Å². The largest absolute Gasteiger partial charge is 0.496 e. The molecule has 4 heteroatoms. The van der Waals surface area contributed by atoms with E-state index in [1.807, 2.05) is 42.5 Å². The Morgan fingerprint density at radius 2 is 1.64 bits per heavy atom. The van der Waals surface area contributed by atoms with Gasteiger partial charge in [0.2, 0.25) is 0 Å². The quantitative estimate of drug-likeness (QED) is 0.792. The molecule has 0 saturated heterocycles. The first-order chi connectivity index (χ1) is 10.2. The molecular formula is C18H22ClNO2. The second kappa shape index (κ2) is 8.44. The second-order valence-electron chi connectivity index (χ2n) is 5.08. The van der Waals surface area contributed by atoms with Gasteiger partial charge in [0.1, 0.15) is 11.5 Å². The average molecular weight is 320 g/mol. The van der Waals surface area contributed by atoms with E-state index in [0.717, 1.165) is 28.3 Å². The predicted molar refractivity (Wildman–Crippen MR) is 94.0 cm³/mol. The summed E-state index contributed by atoms with van der Waals surface area (Å²) in [6, 6.07) is 9.89. The van der Waals surface area contributed by atoms with Gasteiger partial charge in [-0.2, -0.15) is 0 Å². The predicted octanol–water partition coefficient (Wildman–Crippen LogP) is 4.81. The average Bonchev–Trinajstić information content (AvgIpc) is 2.52. The Hall–Kier alpha value is -2.00. The number of methoxy groups -OCH3 is 2. The summed E-state index contributed by atoms with van der Waals surface area (Å²) in [7, 11) is 3.37. The van der Waals surface area contributed by atoms with Crippen LogP contribution in [-0.4, -0.2) is 19.2 Å². The number of rotatable bonds is 5. The molecule has 0 N–H and O–H groups in total. The van der Waals surface area contributed by atoms with Crippen LogP contribution < -0.4 is 9.47 Å². The highest BCUT2D eigenvalue weighted by Gasteiger charge is 2.14. The van der Waals surface area contributed by atoms with Crippen LogP contribution in [0, 0.1) is 0 Å². The van der Waals surface area contributed by atoms with Gasteiger partial charge in [-0.25, -0.2) is 0 Å². The molecule has 0 aliphatic rings. The Morgan fingerprint density at radius 1 is 1.00 bits per heavy atom. The van der Waals surface area contributed by atoms with Crippen molar-refractivity contribution < 1.29 is 9.47 Å². The molecule has 118 valence electrons. The molecule has 3 nitrogen and oxygen atoms in total. The molecule has 0 radical (unpaired) electrons. The summed E-state index contributed by atoms with van der Waals surface area (Å²) in [5.41, 5.74) is 3.04. The van der Waals surface area contributed by atoms with Crippen LogP contribution in [0.15, 0.2) is 36.5 Å². The highest BCUT2D eigenvalue weighted by Crippen LogP contribution is 2.36. The minimum atomic E-state index is 0. The normalized spacial score (nSPS) is 10.6. The first-order valence-electron chi connectivity index (χ1n) is 7.00. The number of halogens is 1. The number of aromatic nitrogens is 1. The third kappa shape index (κ3) is 4.25. The Labute approximate surface area is 138 Å². The summed E-state index contributed by atoms with van der Waals surface area (Å²) in [4.78, 5) is 4.28. The number of hydrogen-bond acceptors (Lipinski definition) is 3. The van der Waals surface area contributed by atoms with Crippen molar-refractivity contribution in [3.63, 3.8) is 0 Å². The van der Waals surface area contributed by atoms with Crippen molar-refractivity contribution in [3.05, 3.63) is 53.3 Å². The monoisotopic (exact) mass is 319 g/mol. The smallest absolute Gasteiger partial charge is 0.126 e.